The molecule has 1 saturated carbocycles. The summed E-state index contributed by atoms with van der Waals surface area (Å²) in [7, 11) is 1.89. The van der Waals surface area contributed by atoms with E-state index in [0.717, 1.165) is 31.8 Å². The molecule has 2 fully saturated rings. The predicted molar refractivity (Wildman–Crippen MR) is 60.6 cm³/mol. The molecule has 0 radical (unpaired) electrons. The van der Waals surface area contributed by atoms with E-state index < -0.39 is 0 Å². The molecule has 1 heterocycles. The van der Waals surface area contributed by atoms with Gasteiger partial charge in [-0.05, 0) is 38.6 Å². The molecule has 1 amide bonds. The maximum absolute atomic E-state index is 11.9. The fourth-order valence-corrected chi connectivity index (χ4v) is 2.41. The Morgan fingerprint density at radius 1 is 1.40 bits per heavy atom. The third-order valence-corrected chi connectivity index (χ3v) is 3.62. The van der Waals surface area contributed by atoms with E-state index in [9.17, 15) is 4.79 Å². The molecule has 1 atom stereocenters. The largest absolute Gasteiger partial charge is 0.341 e. The molecule has 1 aliphatic heterocycles. The summed E-state index contributed by atoms with van der Waals surface area (Å²) in [5.41, 5.74) is 0. The van der Waals surface area contributed by atoms with Gasteiger partial charge in [0.2, 0.25) is 5.91 Å². The number of hydrogen-bond acceptors (Lipinski definition) is 2. The van der Waals surface area contributed by atoms with Crippen molar-refractivity contribution in [2.75, 3.05) is 20.1 Å². The van der Waals surface area contributed by atoms with Gasteiger partial charge in [-0.3, -0.25) is 4.79 Å². The van der Waals surface area contributed by atoms with E-state index in [1.54, 1.807) is 0 Å². The molecule has 2 rings (SSSR count). The van der Waals surface area contributed by atoms with Gasteiger partial charge in [-0.1, -0.05) is 12.8 Å². The highest BCUT2D eigenvalue weighted by molar-refractivity contribution is 5.82. The minimum Gasteiger partial charge on any atom is -0.341 e. The standard InChI is InChI=1S/C12H22N2O/c1-13-11-5-3-9-14(12(11)15)8-2-4-10-6-7-10/h10-11,13H,2-9H2,1H3. The van der Waals surface area contributed by atoms with E-state index in [1.807, 2.05) is 11.9 Å². The number of nitrogens with zero attached hydrogens (tertiary/aromatic N) is 1. The summed E-state index contributed by atoms with van der Waals surface area (Å²) >= 11 is 0. The van der Waals surface area contributed by atoms with Crippen molar-refractivity contribution >= 4 is 5.91 Å². The lowest BCUT2D eigenvalue weighted by atomic mass is 10.0. The summed E-state index contributed by atoms with van der Waals surface area (Å²) in [6.07, 6.45) is 7.54. The van der Waals surface area contributed by atoms with Crippen LogP contribution < -0.4 is 5.32 Å². The summed E-state index contributed by atoms with van der Waals surface area (Å²) in [6, 6.07) is 0.0830. The van der Waals surface area contributed by atoms with Gasteiger partial charge in [-0.15, -0.1) is 0 Å². The molecule has 3 heteroatoms. The first-order valence-corrected chi connectivity index (χ1v) is 6.27. The van der Waals surface area contributed by atoms with Crippen LogP contribution in [0.25, 0.3) is 0 Å². The van der Waals surface area contributed by atoms with E-state index in [-0.39, 0.29) is 6.04 Å². The predicted octanol–water partition coefficient (Wildman–Crippen LogP) is 1.39. The highest BCUT2D eigenvalue weighted by atomic mass is 16.2. The fraction of sp³-hybridized carbons (Fsp3) is 0.917. The molecule has 3 nitrogen and oxygen atoms in total. The molecule has 1 unspecified atom stereocenters. The molecule has 1 N–H and O–H groups in total. The van der Waals surface area contributed by atoms with Gasteiger partial charge in [0.1, 0.15) is 0 Å². The average Bonchev–Trinajstić information content (AvgIpc) is 3.04. The van der Waals surface area contributed by atoms with Gasteiger partial charge in [0, 0.05) is 13.1 Å². The molecule has 1 saturated heterocycles. The van der Waals surface area contributed by atoms with Crippen molar-refractivity contribution in [3.63, 3.8) is 0 Å². The molecular formula is C12H22N2O. The van der Waals surface area contributed by atoms with Gasteiger partial charge in [0.05, 0.1) is 6.04 Å². The van der Waals surface area contributed by atoms with Gasteiger partial charge in [0.25, 0.3) is 0 Å². The minimum absolute atomic E-state index is 0.0830. The van der Waals surface area contributed by atoms with E-state index in [4.69, 9.17) is 0 Å². The van der Waals surface area contributed by atoms with Crippen LogP contribution in [-0.2, 0) is 4.79 Å². The van der Waals surface area contributed by atoms with Gasteiger partial charge in [-0.25, -0.2) is 0 Å². The fourth-order valence-electron chi connectivity index (χ4n) is 2.41. The van der Waals surface area contributed by atoms with Crippen LogP contribution in [0.2, 0.25) is 0 Å². The first-order valence-electron chi connectivity index (χ1n) is 6.27. The SMILES string of the molecule is CNC1CCCN(CCCC2CC2)C1=O. The third-order valence-electron chi connectivity index (χ3n) is 3.62. The van der Waals surface area contributed by atoms with Crippen LogP contribution in [0.3, 0.4) is 0 Å². The Balaban J connectivity index is 1.71. The number of hydrogen-bond donors (Lipinski definition) is 1. The van der Waals surface area contributed by atoms with Crippen molar-refractivity contribution in [2.45, 2.75) is 44.6 Å². The van der Waals surface area contributed by atoms with E-state index in [2.05, 4.69) is 5.32 Å². The first kappa shape index (κ1) is 10.9. The number of carbonyl (C=O) groups excluding carboxylic acids is 1. The number of likely N-dealkylation sites (tertiary alicyclic amines) is 1. The van der Waals surface area contributed by atoms with Crippen molar-refractivity contribution in [1.29, 1.82) is 0 Å². The Labute approximate surface area is 92.2 Å². The van der Waals surface area contributed by atoms with Crippen molar-refractivity contribution in [3.05, 3.63) is 0 Å². The van der Waals surface area contributed by atoms with Gasteiger partial charge >= 0.3 is 0 Å². The summed E-state index contributed by atoms with van der Waals surface area (Å²) in [4.78, 5) is 14.0. The highest BCUT2D eigenvalue weighted by Gasteiger charge is 2.27. The van der Waals surface area contributed by atoms with Crippen molar-refractivity contribution in [3.8, 4) is 0 Å². The first-order chi connectivity index (χ1) is 7.31. The molecule has 1 aliphatic carbocycles. The molecule has 2 aliphatic rings. The second-order valence-electron chi connectivity index (χ2n) is 4.89. The van der Waals surface area contributed by atoms with E-state index in [0.29, 0.717) is 5.91 Å². The normalized spacial score (nSPS) is 27.1. The zero-order valence-electron chi connectivity index (χ0n) is 9.67. The van der Waals surface area contributed by atoms with Crippen molar-refractivity contribution in [2.24, 2.45) is 5.92 Å². The number of nitrogens with one attached hydrogen (secondary N) is 1. The van der Waals surface area contributed by atoms with E-state index in [1.165, 1.54) is 25.7 Å². The van der Waals surface area contributed by atoms with Crippen LogP contribution in [0.4, 0.5) is 0 Å². The zero-order valence-corrected chi connectivity index (χ0v) is 9.67. The van der Waals surface area contributed by atoms with Crippen LogP contribution in [0, 0.1) is 5.92 Å². The van der Waals surface area contributed by atoms with Crippen LogP contribution in [0.15, 0.2) is 0 Å². The van der Waals surface area contributed by atoms with E-state index >= 15 is 0 Å². The van der Waals surface area contributed by atoms with Crippen LogP contribution in [-0.4, -0.2) is 37.0 Å². The number of amides is 1. The Hall–Kier alpha value is -0.570. The van der Waals surface area contributed by atoms with Crippen molar-refractivity contribution in [1.82, 2.24) is 10.2 Å². The highest BCUT2D eigenvalue weighted by Crippen LogP contribution is 2.33. The minimum atomic E-state index is 0.0830. The Bertz CT molecular complexity index is 226. The lowest BCUT2D eigenvalue weighted by Crippen LogP contribution is -2.49. The van der Waals surface area contributed by atoms with Gasteiger partial charge in [0.15, 0.2) is 0 Å². The second-order valence-corrected chi connectivity index (χ2v) is 4.89. The number of rotatable bonds is 5. The Kier molecular flexibility index (Phi) is 3.62. The lowest BCUT2D eigenvalue weighted by Gasteiger charge is -2.32. The molecule has 0 aromatic carbocycles. The van der Waals surface area contributed by atoms with Crippen LogP contribution >= 0.6 is 0 Å². The Morgan fingerprint density at radius 3 is 2.87 bits per heavy atom. The van der Waals surface area contributed by atoms with Crippen LogP contribution in [0.5, 0.6) is 0 Å². The van der Waals surface area contributed by atoms with Gasteiger partial charge in [-0.2, -0.15) is 0 Å². The molecule has 0 bridgehead atoms. The number of piperidine rings is 1. The quantitative estimate of drug-likeness (QED) is 0.743. The molecule has 0 spiro atoms. The Morgan fingerprint density at radius 2 is 2.20 bits per heavy atom. The summed E-state index contributed by atoms with van der Waals surface area (Å²) < 4.78 is 0. The lowest BCUT2D eigenvalue weighted by molar-refractivity contribution is -0.135. The smallest absolute Gasteiger partial charge is 0.239 e. The molecule has 86 valence electrons. The topological polar surface area (TPSA) is 32.3 Å². The number of carbonyl (C=O) groups is 1. The summed E-state index contributed by atoms with van der Waals surface area (Å²) in [5, 5.41) is 3.10. The maximum Gasteiger partial charge on any atom is 0.239 e. The number of likely N-dealkylation sites (N-methyl/N-ethyl adjacent to an activating group) is 1. The molecule has 15 heavy (non-hydrogen) atoms. The zero-order chi connectivity index (χ0) is 10.7. The molecular weight excluding hydrogens is 188 g/mol. The molecule has 0 aromatic rings. The third kappa shape index (κ3) is 2.94. The maximum atomic E-state index is 11.9. The van der Waals surface area contributed by atoms with Gasteiger partial charge < -0.3 is 10.2 Å². The second kappa shape index (κ2) is 4.97. The van der Waals surface area contributed by atoms with Crippen LogP contribution in [0.1, 0.15) is 38.5 Å². The summed E-state index contributed by atoms with van der Waals surface area (Å²) in [6.45, 7) is 1.95. The monoisotopic (exact) mass is 210 g/mol. The molecule has 0 aromatic heterocycles. The van der Waals surface area contributed by atoms with Crippen molar-refractivity contribution < 1.29 is 4.79 Å². The summed E-state index contributed by atoms with van der Waals surface area (Å²) in [5.74, 6) is 1.31. The average molecular weight is 210 g/mol.